The lowest BCUT2D eigenvalue weighted by Gasteiger charge is -2.32. The van der Waals surface area contributed by atoms with Crippen LogP contribution in [0, 0.1) is 10.8 Å². The van der Waals surface area contributed by atoms with Crippen LogP contribution in [0.25, 0.3) is 0 Å². The van der Waals surface area contributed by atoms with Gasteiger partial charge in [0.1, 0.15) is 6.61 Å². The predicted molar refractivity (Wildman–Crippen MR) is 215 cm³/mol. The zero-order valence-electron chi connectivity index (χ0n) is 33.1. The van der Waals surface area contributed by atoms with E-state index in [4.69, 9.17) is 31.5 Å². The molecule has 0 bridgehead atoms. The number of nitrogens with one attached hydrogen (secondary N) is 2. The van der Waals surface area contributed by atoms with Crippen LogP contribution >= 0.6 is 0 Å². The SMILES string of the molecule is CC/C=C\C/C=C\C/C=C\C/C=C\C/C=C\CCCC(=O)OCC(C)(C)[C@@H](OC(=O)c1cccnc1)C(=O)NCCC(=O)OC(=O)O.CN(C)C(=N)N=C(N)N. The standard InChI is InChI=1S/C36H48N2O9.C4H11N5/c1-4-5-6-7-8-9-10-11-12-13-14-15-16-17-18-19-20-23-30(39)45-28-36(2,3)32(47-34(42)29-22-21-25-37-27-29)33(41)38-26-24-31(40)46-35(43)44;1-9(2)4(7)8-3(5)6/h5-6,8-9,11-12,14-15,17-18,21-22,25,27,32H,4,7,10,13,16,19-20,23-24,26,28H2,1-3H3,(H,38,41)(H,43,44);1-2H3,(H5,5,6,7,8)/b6-5-,9-8-,12-11-,15-14-,18-17-;/t32-;/m0./s1. The first-order valence-corrected chi connectivity index (χ1v) is 18.2. The molecule has 0 saturated carbocycles. The van der Waals surface area contributed by atoms with Gasteiger partial charge in [0.15, 0.2) is 12.1 Å². The van der Waals surface area contributed by atoms with Gasteiger partial charge in [-0.3, -0.25) is 24.8 Å². The molecule has 0 aliphatic heterocycles. The molecule has 308 valence electrons. The second-order valence-corrected chi connectivity index (χ2v) is 12.8. The van der Waals surface area contributed by atoms with Gasteiger partial charge in [-0.05, 0) is 57.1 Å². The van der Waals surface area contributed by atoms with Gasteiger partial charge < -0.3 is 41.0 Å². The number of amides is 1. The molecule has 1 heterocycles. The van der Waals surface area contributed by atoms with E-state index >= 15 is 0 Å². The Morgan fingerprint density at radius 2 is 1.50 bits per heavy atom. The Balaban J connectivity index is 0.00000297. The highest BCUT2D eigenvalue weighted by molar-refractivity contribution is 5.92. The number of ether oxygens (including phenoxy) is 3. The summed E-state index contributed by atoms with van der Waals surface area (Å²) in [5, 5.41) is 18.0. The first-order valence-electron chi connectivity index (χ1n) is 18.2. The van der Waals surface area contributed by atoms with E-state index in [1.54, 1.807) is 27.9 Å². The molecule has 1 aromatic heterocycles. The predicted octanol–water partition coefficient (Wildman–Crippen LogP) is 5.58. The van der Waals surface area contributed by atoms with Crippen molar-refractivity contribution >= 4 is 41.9 Å². The molecule has 16 heteroatoms. The van der Waals surface area contributed by atoms with Gasteiger partial charge in [-0.2, -0.15) is 4.99 Å². The normalized spacial score (nSPS) is 11.9. The highest BCUT2D eigenvalue weighted by Crippen LogP contribution is 2.26. The molecule has 7 N–H and O–H groups in total. The molecule has 0 fully saturated rings. The summed E-state index contributed by atoms with van der Waals surface area (Å²) in [7, 11) is 3.38. The molecule has 1 amide bonds. The lowest BCUT2D eigenvalue weighted by atomic mass is 9.86. The van der Waals surface area contributed by atoms with Gasteiger partial charge in [0, 0.05) is 44.9 Å². The average Bonchev–Trinajstić information content (AvgIpc) is 3.14. The van der Waals surface area contributed by atoms with Crippen molar-refractivity contribution in [3.63, 3.8) is 0 Å². The molecule has 0 radical (unpaired) electrons. The number of carboxylic acid groups (broad SMARTS) is 1. The molecule has 16 nitrogen and oxygen atoms in total. The number of esters is 3. The number of aliphatic imine (C=N–C) groups is 1. The number of aromatic nitrogens is 1. The van der Waals surface area contributed by atoms with Gasteiger partial charge in [-0.1, -0.05) is 81.5 Å². The Bertz CT molecular complexity index is 1550. The molecule has 1 aromatic rings. The van der Waals surface area contributed by atoms with Crippen LogP contribution in [0.3, 0.4) is 0 Å². The smallest absolute Gasteiger partial charge is 0.465 e. The van der Waals surface area contributed by atoms with Crippen LogP contribution < -0.4 is 16.8 Å². The van der Waals surface area contributed by atoms with Crippen LogP contribution in [0.5, 0.6) is 0 Å². The van der Waals surface area contributed by atoms with E-state index in [9.17, 15) is 24.0 Å². The lowest BCUT2D eigenvalue weighted by Crippen LogP contribution is -2.49. The van der Waals surface area contributed by atoms with Gasteiger partial charge in [0.05, 0.1) is 12.0 Å². The maximum Gasteiger partial charge on any atom is 0.513 e. The molecule has 56 heavy (non-hydrogen) atoms. The zero-order valence-corrected chi connectivity index (χ0v) is 33.1. The molecule has 0 aromatic carbocycles. The van der Waals surface area contributed by atoms with Crippen molar-refractivity contribution in [3.05, 3.63) is 90.9 Å². The van der Waals surface area contributed by atoms with Gasteiger partial charge in [0.25, 0.3) is 5.91 Å². The third-order valence-corrected chi connectivity index (χ3v) is 7.07. The number of hydrogen-bond donors (Lipinski definition) is 5. The topological polar surface area (TPSA) is 250 Å². The molecule has 0 unspecified atom stereocenters. The van der Waals surface area contributed by atoms with Crippen LogP contribution in [0.15, 0.2) is 90.3 Å². The van der Waals surface area contributed by atoms with E-state index in [1.807, 2.05) is 12.2 Å². The number of nitrogens with two attached hydrogens (primary N) is 2. The minimum absolute atomic E-state index is 0.0509. The van der Waals surface area contributed by atoms with Crippen LogP contribution in [0.2, 0.25) is 0 Å². The Morgan fingerprint density at radius 3 is 1.98 bits per heavy atom. The zero-order chi connectivity index (χ0) is 42.2. The highest BCUT2D eigenvalue weighted by atomic mass is 16.7. The Labute approximate surface area is 329 Å². The average molecular weight is 782 g/mol. The van der Waals surface area contributed by atoms with Crippen molar-refractivity contribution in [2.45, 2.75) is 84.7 Å². The molecular formula is C40H59N7O9. The molecular weight excluding hydrogens is 722 g/mol. The lowest BCUT2D eigenvalue weighted by molar-refractivity contribution is -0.153. The maximum absolute atomic E-state index is 13.0. The number of carbonyl (C=O) groups is 5. The number of pyridine rings is 1. The fourth-order valence-electron chi connectivity index (χ4n) is 4.12. The minimum Gasteiger partial charge on any atom is -0.465 e. The summed E-state index contributed by atoms with van der Waals surface area (Å²) in [6, 6.07) is 3.00. The largest absolute Gasteiger partial charge is 0.513 e. The summed E-state index contributed by atoms with van der Waals surface area (Å²) in [6.45, 7) is 4.81. The minimum atomic E-state index is -1.76. The summed E-state index contributed by atoms with van der Waals surface area (Å²) < 4.78 is 14.9. The Kier molecular flexibility index (Phi) is 27.0. The van der Waals surface area contributed by atoms with E-state index in [1.165, 1.54) is 29.4 Å². The Morgan fingerprint density at radius 1 is 0.929 bits per heavy atom. The fourth-order valence-corrected chi connectivity index (χ4v) is 4.12. The van der Waals surface area contributed by atoms with Crippen molar-refractivity contribution in [1.82, 2.24) is 15.2 Å². The van der Waals surface area contributed by atoms with Gasteiger partial charge in [-0.25, -0.2) is 9.59 Å². The molecule has 0 spiro atoms. The first-order chi connectivity index (χ1) is 26.6. The van der Waals surface area contributed by atoms with Crippen molar-refractivity contribution in [3.8, 4) is 0 Å². The number of guanidine groups is 2. The summed E-state index contributed by atoms with van der Waals surface area (Å²) >= 11 is 0. The van der Waals surface area contributed by atoms with E-state index in [0.717, 1.165) is 32.1 Å². The van der Waals surface area contributed by atoms with Gasteiger partial charge in [0.2, 0.25) is 5.96 Å². The van der Waals surface area contributed by atoms with E-state index in [2.05, 4.69) is 75.6 Å². The van der Waals surface area contributed by atoms with Crippen molar-refractivity contribution in [1.29, 1.82) is 5.41 Å². The number of rotatable bonds is 22. The molecule has 0 aliphatic rings. The summed E-state index contributed by atoms with van der Waals surface area (Å²) in [4.78, 5) is 69.0. The second kappa shape index (κ2) is 30.3. The third-order valence-electron chi connectivity index (χ3n) is 7.07. The quantitative estimate of drug-likeness (QED) is 0.0183. The van der Waals surface area contributed by atoms with Crippen molar-refractivity contribution < 1.29 is 43.3 Å². The summed E-state index contributed by atoms with van der Waals surface area (Å²) in [5.74, 6) is -3.13. The Hall–Kier alpha value is -6.06. The molecule has 0 saturated heterocycles. The van der Waals surface area contributed by atoms with Crippen molar-refractivity contribution in [2.75, 3.05) is 27.2 Å². The van der Waals surface area contributed by atoms with Crippen LogP contribution in [-0.4, -0.2) is 90.2 Å². The summed E-state index contributed by atoms with van der Waals surface area (Å²) in [5.41, 5.74) is 8.93. The van der Waals surface area contributed by atoms with E-state index < -0.39 is 47.9 Å². The third kappa shape index (κ3) is 26.7. The van der Waals surface area contributed by atoms with Crippen LogP contribution in [0.4, 0.5) is 4.79 Å². The molecule has 1 atom stereocenters. The second-order valence-electron chi connectivity index (χ2n) is 12.8. The maximum atomic E-state index is 13.0. The number of carbonyl (C=O) groups excluding carboxylic acids is 4. The van der Waals surface area contributed by atoms with E-state index in [-0.39, 0.29) is 37.1 Å². The first kappa shape index (κ1) is 49.9. The van der Waals surface area contributed by atoms with Gasteiger partial charge >= 0.3 is 24.1 Å². The number of hydrogen-bond acceptors (Lipinski definition) is 10. The summed E-state index contributed by atoms with van der Waals surface area (Å²) in [6.07, 6.45) is 26.5. The van der Waals surface area contributed by atoms with Crippen molar-refractivity contribution in [2.24, 2.45) is 21.9 Å². The highest BCUT2D eigenvalue weighted by Gasteiger charge is 2.40. The molecule has 1 rings (SSSR count). The van der Waals surface area contributed by atoms with E-state index in [0.29, 0.717) is 12.8 Å². The molecule has 0 aliphatic carbocycles. The number of nitrogens with zero attached hydrogens (tertiary/aromatic N) is 3. The van der Waals surface area contributed by atoms with Crippen LogP contribution in [0.1, 0.15) is 88.9 Å². The fraction of sp³-hybridized carbons (Fsp3) is 0.450. The number of allylic oxidation sites excluding steroid dienone is 10. The van der Waals surface area contributed by atoms with Crippen LogP contribution in [-0.2, 0) is 28.6 Å². The monoisotopic (exact) mass is 781 g/mol. The number of unbranched alkanes of at least 4 members (excludes halogenated alkanes) is 1. The van der Waals surface area contributed by atoms with Gasteiger partial charge in [-0.15, -0.1) is 0 Å².